The Morgan fingerprint density at radius 3 is 2.19 bits per heavy atom. The number of methoxy groups -OCH3 is 1. The minimum atomic E-state index is -1.07. The number of aromatic nitrogens is 3. The second kappa shape index (κ2) is 16.7. The molecule has 0 aliphatic heterocycles. The van der Waals surface area contributed by atoms with E-state index in [4.69, 9.17) is 9.47 Å². The van der Waals surface area contributed by atoms with Gasteiger partial charge >= 0.3 is 29.6 Å². The molecule has 5 aromatic rings. The normalized spacial score (nSPS) is 11.3. The molecule has 47 heavy (non-hydrogen) atoms. The smallest absolute Gasteiger partial charge is 0.550 e. The number of carbonyl (C=O) groups excluding carboxylic acids is 1. The molecule has 242 valence electrons. The third kappa shape index (κ3) is 9.86. The standard InChI is InChI=1S/C36H39N3O4S.C2H6.Na/c1-35(2,3)44-33-29-19-28(43-23-27-9-7-8-18-37-27)15-16-30(29)39(31(33)20-36(4,5)34(40)41)22-24-10-12-25(13-11-24)26-14-17-32(42-6)38-21-26;1-2;/h7-19,21H,20,22-23H2,1-6H3,(H,40,41);1-2H3;/q;;+1/p-1. The number of hydrogen-bond donors (Lipinski definition) is 0. The van der Waals surface area contributed by atoms with Crippen molar-refractivity contribution in [3.05, 3.63) is 102 Å². The third-order valence-corrected chi connectivity index (χ3v) is 8.62. The number of rotatable bonds is 11. The average Bonchev–Trinajstić information content (AvgIpc) is 3.30. The number of thioether (sulfide) groups is 1. The number of nitrogens with zero attached hydrogens (tertiary/aromatic N) is 3. The van der Waals surface area contributed by atoms with E-state index in [9.17, 15) is 9.90 Å². The van der Waals surface area contributed by atoms with E-state index < -0.39 is 11.4 Å². The van der Waals surface area contributed by atoms with Gasteiger partial charge in [-0.25, -0.2) is 4.98 Å². The molecule has 0 bridgehead atoms. The van der Waals surface area contributed by atoms with E-state index in [2.05, 4.69) is 71.7 Å². The van der Waals surface area contributed by atoms with Crippen LogP contribution < -0.4 is 44.1 Å². The summed E-state index contributed by atoms with van der Waals surface area (Å²) >= 11 is 1.75. The number of carboxylic acids is 1. The minimum Gasteiger partial charge on any atom is -0.550 e. The van der Waals surface area contributed by atoms with Crippen LogP contribution in [0.4, 0.5) is 0 Å². The van der Waals surface area contributed by atoms with Gasteiger partial charge in [0.1, 0.15) is 12.4 Å². The number of carboxylic acid groups (broad SMARTS) is 1. The van der Waals surface area contributed by atoms with Gasteiger partial charge in [0.15, 0.2) is 0 Å². The van der Waals surface area contributed by atoms with Gasteiger partial charge in [-0.05, 0) is 53.9 Å². The number of hydrogen-bond acceptors (Lipinski definition) is 7. The van der Waals surface area contributed by atoms with Crippen molar-refractivity contribution in [1.29, 1.82) is 0 Å². The third-order valence-electron chi connectivity index (χ3n) is 7.35. The molecule has 0 saturated carbocycles. The Hall–Kier alpha value is -3.30. The van der Waals surface area contributed by atoms with Crippen molar-refractivity contribution < 1.29 is 48.9 Å². The maximum absolute atomic E-state index is 12.2. The van der Waals surface area contributed by atoms with Crippen molar-refractivity contribution in [2.45, 2.75) is 77.7 Å². The molecular formula is C38H44N3NaO4S. The van der Waals surface area contributed by atoms with Crippen LogP contribution in [0.2, 0.25) is 0 Å². The van der Waals surface area contributed by atoms with E-state index in [0.29, 0.717) is 25.5 Å². The molecule has 0 amide bonds. The number of carbonyl (C=O) groups is 1. The Kier molecular flexibility index (Phi) is 13.5. The van der Waals surface area contributed by atoms with Crippen LogP contribution in [0.3, 0.4) is 0 Å². The van der Waals surface area contributed by atoms with Crippen LogP contribution in [0.25, 0.3) is 22.0 Å². The molecule has 3 heterocycles. The summed E-state index contributed by atoms with van der Waals surface area (Å²) in [5.74, 6) is 0.239. The maximum atomic E-state index is 12.2. The Morgan fingerprint density at radius 2 is 1.62 bits per heavy atom. The van der Waals surface area contributed by atoms with Gasteiger partial charge in [0.25, 0.3) is 0 Å². The Morgan fingerprint density at radius 1 is 0.915 bits per heavy atom. The first-order chi connectivity index (χ1) is 21.9. The number of aliphatic carboxylic acids is 1. The van der Waals surface area contributed by atoms with Crippen LogP contribution in [-0.2, 0) is 24.4 Å². The molecule has 0 aliphatic rings. The zero-order valence-corrected chi connectivity index (χ0v) is 31.9. The van der Waals surface area contributed by atoms with E-state index in [1.54, 1.807) is 45.1 Å². The Labute approximate surface area is 305 Å². The van der Waals surface area contributed by atoms with Crippen molar-refractivity contribution in [2.24, 2.45) is 5.41 Å². The molecule has 0 atom stereocenters. The Bertz CT molecular complexity index is 1750. The molecule has 0 saturated heterocycles. The van der Waals surface area contributed by atoms with Gasteiger partial charge in [-0.3, -0.25) is 4.98 Å². The monoisotopic (exact) mass is 661 g/mol. The van der Waals surface area contributed by atoms with Crippen molar-refractivity contribution in [2.75, 3.05) is 7.11 Å². The summed E-state index contributed by atoms with van der Waals surface area (Å²) in [5, 5.41) is 13.3. The Balaban J connectivity index is 0.00000196. The summed E-state index contributed by atoms with van der Waals surface area (Å²) in [7, 11) is 1.60. The van der Waals surface area contributed by atoms with Gasteiger partial charge in [-0.2, -0.15) is 0 Å². The second-order valence-corrected chi connectivity index (χ2v) is 14.3. The van der Waals surface area contributed by atoms with Crippen LogP contribution in [0.5, 0.6) is 11.6 Å². The topological polar surface area (TPSA) is 89.3 Å². The van der Waals surface area contributed by atoms with Crippen LogP contribution in [0, 0.1) is 5.41 Å². The molecule has 0 unspecified atom stereocenters. The maximum Gasteiger partial charge on any atom is 1.00 e. The van der Waals surface area contributed by atoms with E-state index in [1.807, 2.05) is 50.2 Å². The van der Waals surface area contributed by atoms with Gasteiger partial charge in [-0.1, -0.05) is 78.8 Å². The zero-order chi connectivity index (χ0) is 33.5. The van der Waals surface area contributed by atoms with Gasteiger partial charge in [0.2, 0.25) is 5.88 Å². The van der Waals surface area contributed by atoms with Crippen molar-refractivity contribution >= 4 is 28.6 Å². The number of fused-ring (bicyclic) bond motifs is 1. The van der Waals surface area contributed by atoms with E-state index in [-0.39, 0.29) is 34.3 Å². The minimum absolute atomic E-state index is 0. The molecule has 0 fully saturated rings. The van der Waals surface area contributed by atoms with Gasteiger partial charge in [0, 0.05) is 68.2 Å². The fourth-order valence-corrected chi connectivity index (χ4v) is 6.20. The molecule has 3 aromatic heterocycles. The molecular weight excluding hydrogens is 617 g/mol. The molecule has 0 aliphatic carbocycles. The van der Waals surface area contributed by atoms with Gasteiger partial charge < -0.3 is 23.9 Å². The van der Waals surface area contributed by atoms with Gasteiger partial charge in [0.05, 0.1) is 12.8 Å². The first-order valence-corrected chi connectivity index (χ1v) is 16.4. The second-order valence-electron chi connectivity index (χ2n) is 12.5. The van der Waals surface area contributed by atoms with E-state index in [0.717, 1.165) is 49.6 Å². The first-order valence-electron chi connectivity index (χ1n) is 15.6. The summed E-state index contributed by atoms with van der Waals surface area (Å²) in [6.45, 7) is 14.9. The molecule has 0 spiro atoms. The molecule has 9 heteroatoms. The number of pyridine rings is 2. The summed E-state index contributed by atoms with van der Waals surface area (Å²) in [4.78, 5) is 22.0. The fourth-order valence-electron chi connectivity index (χ4n) is 5.01. The molecule has 0 N–H and O–H groups in total. The zero-order valence-electron chi connectivity index (χ0n) is 29.1. The molecule has 2 aromatic carbocycles. The quantitative estimate of drug-likeness (QED) is 0.146. The van der Waals surface area contributed by atoms with Crippen molar-refractivity contribution in [3.63, 3.8) is 0 Å². The predicted octanol–water partition coefficient (Wildman–Crippen LogP) is 4.97. The van der Waals surface area contributed by atoms with Crippen LogP contribution in [-0.4, -0.2) is 32.4 Å². The predicted molar refractivity (Wildman–Crippen MR) is 185 cm³/mol. The van der Waals surface area contributed by atoms with Crippen LogP contribution in [0.1, 0.15) is 65.4 Å². The molecule has 5 rings (SSSR count). The van der Waals surface area contributed by atoms with E-state index >= 15 is 0 Å². The molecule has 7 nitrogen and oxygen atoms in total. The van der Waals surface area contributed by atoms with Crippen molar-refractivity contribution in [1.82, 2.24) is 14.5 Å². The van der Waals surface area contributed by atoms with Crippen LogP contribution in [0.15, 0.2) is 90.1 Å². The SMILES string of the molecule is CC.COc1ccc(-c2ccc(Cn3c(CC(C)(C)C(=O)[O-])c(SC(C)(C)C)c4cc(OCc5ccccn5)ccc43)cc2)cn1.[Na+]. The summed E-state index contributed by atoms with van der Waals surface area (Å²) < 4.78 is 13.5. The fraction of sp³-hybridized carbons (Fsp3) is 0.342. The summed E-state index contributed by atoms with van der Waals surface area (Å²) in [6.07, 6.45) is 3.88. The van der Waals surface area contributed by atoms with Gasteiger partial charge in [-0.15, -0.1) is 11.8 Å². The first kappa shape index (κ1) is 38.2. The average molecular weight is 662 g/mol. The van der Waals surface area contributed by atoms with Crippen molar-refractivity contribution in [3.8, 4) is 22.8 Å². The number of ether oxygens (including phenoxy) is 2. The van der Waals surface area contributed by atoms with Crippen LogP contribution >= 0.6 is 11.8 Å². The largest absolute Gasteiger partial charge is 1.00 e. The summed E-state index contributed by atoms with van der Waals surface area (Å²) in [5.41, 5.74) is 4.93. The van der Waals surface area contributed by atoms with E-state index in [1.165, 1.54) is 0 Å². The molecule has 0 radical (unpaired) electrons. The number of benzene rings is 2. The summed E-state index contributed by atoms with van der Waals surface area (Å²) in [6, 6.07) is 24.1.